The van der Waals surface area contributed by atoms with Gasteiger partial charge in [-0.1, -0.05) is 30.7 Å². The Morgan fingerprint density at radius 1 is 0.973 bits per heavy atom. The SMILES string of the molecule is CCOc1cc(/C=C2/C(=N)N3N=C(CC)SC3=NC2=O)ccc1OCCOCCOc1ccc(C)cc1. The quantitative estimate of drug-likeness (QED) is 0.312. The second-order valence-electron chi connectivity index (χ2n) is 8.13. The Morgan fingerprint density at radius 3 is 2.46 bits per heavy atom. The van der Waals surface area contributed by atoms with Crippen LogP contribution >= 0.6 is 11.8 Å². The van der Waals surface area contributed by atoms with Crippen LogP contribution in [-0.4, -0.2) is 60.0 Å². The fraction of sp³-hybridized carbons (Fsp3) is 0.333. The molecule has 0 atom stereocenters. The molecule has 9 nitrogen and oxygen atoms in total. The summed E-state index contributed by atoms with van der Waals surface area (Å²) in [7, 11) is 0. The number of hydrazone groups is 1. The molecule has 0 radical (unpaired) electrons. The molecule has 2 heterocycles. The molecule has 0 saturated heterocycles. The Bertz CT molecular complexity index is 1240. The van der Waals surface area contributed by atoms with Crippen molar-refractivity contribution in [1.82, 2.24) is 5.01 Å². The minimum absolute atomic E-state index is 0.00717. The molecule has 0 fully saturated rings. The molecule has 2 aliphatic rings. The molecule has 2 aliphatic heterocycles. The lowest BCUT2D eigenvalue weighted by Gasteiger charge is -2.20. The number of rotatable bonds is 12. The number of fused-ring (bicyclic) bond motifs is 1. The fourth-order valence-corrected chi connectivity index (χ4v) is 4.33. The van der Waals surface area contributed by atoms with E-state index in [4.69, 9.17) is 24.4 Å². The Labute approximate surface area is 220 Å². The summed E-state index contributed by atoms with van der Waals surface area (Å²) in [6.07, 6.45) is 2.34. The molecule has 194 valence electrons. The topological polar surface area (TPSA) is 106 Å². The van der Waals surface area contributed by atoms with E-state index in [9.17, 15) is 4.79 Å². The molecule has 0 unspecified atom stereocenters. The lowest BCUT2D eigenvalue weighted by atomic mass is 10.1. The van der Waals surface area contributed by atoms with Gasteiger partial charge in [0.15, 0.2) is 17.3 Å². The molecule has 1 N–H and O–H groups in total. The number of nitrogens with one attached hydrogen (secondary N) is 1. The van der Waals surface area contributed by atoms with Crippen LogP contribution in [0, 0.1) is 12.3 Å². The van der Waals surface area contributed by atoms with Gasteiger partial charge in [-0.2, -0.15) is 15.1 Å². The summed E-state index contributed by atoms with van der Waals surface area (Å²) in [5.41, 5.74) is 2.05. The molecule has 0 spiro atoms. The van der Waals surface area contributed by atoms with Crippen LogP contribution in [0.15, 0.2) is 58.1 Å². The Kier molecular flexibility index (Phi) is 8.97. The first-order valence-electron chi connectivity index (χ1n) is 12.1. The van der Waals surface area contributed by atoms with Gasteiger partial charge in [-0.3, -0.25) is 10.2 Å². The van der Waals surface area contributed by atoms with E-state index in [0.717, 1.165) is 10.8 Å². The molecule has 0 aliphatic carbocycles. The van der Waals surface area contributed by atoms with Crippen molar-refractivity contribution in [1.29, 1.82) is 5.41 Å². The molecule has 0 aromatic heterocycles. The number of aliphatic imine (C=N–C) groups is 1. The molecule has 2 aromatic rings. The van der Waals surface area contributed by atoms with Crippen molar-refractivity contribution in [3.05, 3.63) is 59.2 Å². The largest absolute Gasteiger partial charge is 0.491 e. The highest BCUT2D eigenvalue weighted by Gasteiger charge is 2.35. The lowest BCUT2D eigenvalue weighted by Crippen LogP contribution is -2.35. The van der Waals surface area contributed by atoms with E-state index in [0.29, 0.717) is 61.7 Å². The third-order valence-electron chi connectivity index (χ3n) is 5.38. The Hall–Kier alpha value is -3.63. The standard InChI is InChI=1S/C27H30N4O5S/c1-4-24-30-31-25(28)21(26(32)29-27(31)37-24)16-19-8-11-22(23(17-19)34-5-2)36-15-13-33-12-14-35-20-9-6-18(3)7-10-20/h6-11,16-17,28H,4-5,12-15H2,1-3H3/b21-16-,28-25?. The summed E-state index contributed by atoms with van der Waals surface area (Å²) < 4.78 is 22.9. The molecule has 4 rings (SSSR count). The number of aryl methyl sites for hydroxylation is 1. The molecular formula is C27H30N4O5S. The van der Waals surface area contributed by atoms with Crippen LogP contribution < -0.4 is 14.2 Å². The fourth-order valence-electron chi connectivity index (χ4n) is 3.51. The van der Waals surface area contributed by atoms with E-state index in [-0.39, 0.29) is 11.4 Å². The third-order valence-corrected chi connectivity index (χ3v) is 6.43. The van der Waals surface area contributed by atoms with Crippen LogP contribution in [0.2, 0.25) is 0 Å². The maximum Gasteiger partial charge on any atom is 0.283 e. The number of amidine groups is 2. The minimum atomic E-state index is -0.460. The average molecular weight is 523 g/mol. The summed E-state index contributed by atoms with van der Waals surface area (Å²) in [4.78, 5) is 16.7. The molecule has 37 heavy (non-hydrogen) atoms. The number of carbonyl (C=O) groups is 1. The van der Waals surface area contributed by atoms with E-state index >= 15 is 0 Å². The monoisotopic (exact) mass is 522 g/mol. The van der Waals surface area contributed by atoms with Gasteiger partial charge in [0, 0.05) is 0 Å². The number of amides is 1. The predicted molar refractivity (Wildman–Crippen MR) is 146 cm³/mol. The lowest BCUT2D eigenvalue weighted by molar-refractivity contribution is -0.114. The normalized spacial score (nSPS) is 16.0. The highest BCUT2D eigenvalue weighted by atomic mass is 32.2. The number of ether oxygens (including phenoxy) is 4. The van der Waals surface area contributed by atoms with Crippen molar-refractivity contribution in [3.63, 3.8) is 0 Å². The van der Waals surface area contributed by atoms with Crippen LogP contribution in [0.4, 0.5) is 0 Å². The molecule has 0 saturated carbocycles. The molecular weight excluding hydrogens is 492 g/mol. The summed E-state index contributed by atoms with van der Waals surface area (Å²) in [6.45, 7) is 7.99. The first kappa shape index (κ1) is 26.4. The first-order valence-corrected chi connectivity index (χ1v) is 13.0. The van der Waals surface area contributed by atoms with E-state index in [1.807, 2.05) is 45.0 Å². The highest BCUT2D eigenvalue weighted by Crippen LogP contribution is 2.32. The zero-order chi connectivity index (χ0) is 26.2. The van der Waals surface area contributed by atoms with Gasteiger partial charge in [0.1, 0.15) is 24.0 Å². The first-order chi connectivity index (χ1) is 18.0. The number of hydrogen-bond acceptors (Lipinski definition) is 8. The Morgan fingerprint density at radius 2 is 1.73 bits per heavy atom. The van der Waals surface area contributed by atoms with Gasteiger partial charge in [0.2, 0.25) is 5.17 Å². The number of benzene rings is 2. The van der Waals surface area contributed by atoms with E-state index in [1.54, 1.807) is 24.3 Å². The van der Waals surface area contributed by atoms with Gasteiger partial charge >= 0.3 is 0 Å². The zero-order valence-corrected chi connectivity index (χ0v) is 22.0. The van der Waals surface area contributed by atoms with Crippen molar-refractivity contribution < 1.29 is 23.7 Å². The van der Waals surface area contributed by atoms with Crippen molar-refractivity contribution in [2.45, 2.75) is 27.2 Å². The molecule has 10 heteroatoms. The van der Waals surface area contributed by atoms with E-state index in [2.05, 4.69) is 10.1 Å². The minimum Gasteiger partial charge on any atom is -0.491 e. The number of nitrogens with zero attached hydrogens (tertiary/aromatic N) is 3. The maximum absolute atomic E-state index is 12.6. The average Bonchev–Trinajstić information content (AvgIpc) is 3.31. The summed E-state index contributed by atoms with van der Waals surface area (Å²) in [5, 5.41) is 15.5. The van der Waals surface area contributed by atoms with Crippen molar-refractivity contribution >= 4 is 39.8 Å². The van der Waals surface area contributed by atoms with Gasteiger partial charge in [-0.15, -0.1) is 0 Å². The summed E-state index contributed by atoms with van der Waals surface area (Å²) in [6, 6.07) is 13.3. The van der Waals surface area contributed by atoms with Crippen LogP contribution in [0.25, 0.3) is 6.08 Å². The number of hydrogen-bond donors (Lipinski definition) is 1. The highest BCUT2D eigenvalue weighted by molar-refractivity contribution is 8.26. The van der Waals surface area contributed by atoms with Crippen LogP contribution in [0.5, 0.6) is 17.2 Å². The van der Waals surface area contributed by atoms with Crippen LogP contribution in [-0.2, 0) is 9.53 Å². The maximum atomic E-state index is 12.6. The van der Waals surface area contributed by atoms with Crippen molar-refractivity contribution in [3.8, 4) is 17.2 Å². The van der Waals surface area contributed by atoms with Gasteiger partial charge < -0.3 is 18.9 Å². The zero-order valence-electron chi connectivity index (χ0n) is 21.2. The predicted octanol–water partition coefficient (Wildman–Crippen LogP) is 4.90. The van der Waals surface area contributed by atoms with Crippen molar-refractivity contribution in [2.24, 2.45) is 10.1 Å². The third kappa shape index (κ3) is 6.78. The van der Waals surface area contributed by atoms with Gasteiger partial charge in [-0.05, 0) is 67.9 Å². The van der Waals surface area contributed by atoms with Crippen LogP contribution in [0.1, 0.15) is 31.4 Å². The van der Waals surface area contributed by atoms with E-state index in [1.165, 1.54) is 22.3 Å². The second-order valence-corrected chi connectivity index (χ2v) is 9.17. The van der Waals surface area contributed by atoms with Gasteiger partial charge in [0.05, 0.1) is 25.4 Å². The molecule has 0 bridgehead atoms. The molecule has 2 aromatic carbocycles. The number of thioether (sulfide) groups is 1. The second kappa shape index (κ2) is 12.6. The van der Waals surface area contributed by atoms with Gasteiger partial charge in [0.25, 0.3) is 5.91 Å². The van der Waals surface area contributed by atoms with Crippen LogP contribution in [0.3, 0.4) is 0 Å². The number of carbonyl (C=O) groups excluding carboxylic acids is 1. The smallest absolute Gasteiger partial charge is 0.283 e. The van der Waals surface area contributed by atoms with E-state index < -0.39 is 5.91 Å². The van der Waals surface area contributed by atoms with Gasteiger partial charge in [-0.25, -0.2) is 0 Å². The van der Waals surface area contributed by atoms with Crippen molar-refractivity contribution in [2.75, 3.05) is 33.0 Å². The molecule has 1 amide bonds. The Balaban J connectivity index is 1.32. The summed E-state index contributed by atoms with van der Waals surface area (Å²) >= 11 is 1.32. The summed E-state index contributed by atoms with van der Waals surface area (Å²) in [5.74, 6) is 1.48.